The summed E-state index contributed by atoms with van der Waals surface area (Å²) in [5, 5.41) is 3.74. The van der Waals surface area contributed by atoms with Crippen LogP contribution in [0.2, 0.25) is 0 Å². The van der Waals surface area contributed by atoms with Crippen molar-refractivity contribution in [3.05, 3.63) is 57.4 Å². The number of ether oxygens (including phenoxy) is 1. The molecule has 5 heteroatoms. The fourth-order valence-electron chi connectivity index (χ4n) is 2.30. The molecular formula is C17H14INO3. The molecule has 0 unspecified atom stereocenters. The van der Waals surface area contributed by atoms with E-state index in [9.17, 15) is 4.79 Å². The zero-order valence-corrected chi connectivity index (χ0v) is 14.3. The summed E-state index contributed by atoms with van der Waals surface area (Å²) in [5.41, 5.74) is 2.22. The molecule has 1 aromatic heterocycles. The molecule has 3 rings (SSSR count). The zero-order chi connectivity index (χ0) is 15.7. The fourth-order valence-corrected chi connectivity index (χ4v) is 2.84. The first-order chi connectivity index (χ1) is 10.6. The number of rotatable bonds is 3. The minimum absolute atomic E-state index is 0.255. The van der Waals surface area contributed by atoms with Gasteiger partial charge in [0.1, 0.15) is 11.3 Å². The lowest BCUT2D eigenvalue weighted by Crippen LogP contribution is -2.12. The van der Waals surface area contributed by atoms with Crippen molar-refractivity contribution < 1.29 is 13.9 Å². The summed E-state index contributed by atoms with van der Waals surface area (Å²) in [6, 6.07) is 13.1. The number of anilines is 1. The summed E-state index contributed by atoms with van der Waals surface area (Å²) < 4.78 is 12.0. The topological polar surface area (TPSA) is 51.5 Å². The maximum absolute atomic E-state index is 12.4. The Morgan fingerprint density at radius 1 is 1.23 bits per heavy atom. The van der Waals surface area contributed by atoms with Crippen LogP contribution in [-0.4, -0.2) is 13.0 Å². The minimum atomic E-state index is -0.255. The van der Waals surface area contributed by atoms with Crippen molar-refractivity contribution in [2.75, 3.05) is 12.4 Å². The summed E-state index contributed by atoms with van der Waals surface area (Å²) in [6.07, 6.45) is 0. The SMILES string of the molecule is COc1ccc2oc(C(=O)Nc3cccc(I)c3)c(C)c2c1. The molecule has 0 fully saturated rings. The first kappa shape index (κ1) is 14.9. The van der Waals surface area contributed by atoms with Gasteiger partial charge in [0.15, 0.2) is 5.76 Å². The average Bonchev–Trinajstić information content (AvgIpc) is 2.84. The van der Waals surface area contributed by atoms with Crippen LogP contribution in [0.5, 0.6) is 5.75 Å². The molecule has 0 saturated carbocycles. The first-order valence-corrected chi connectivity index (χ1v) is 7.80. The third-order valence-corrected chi connectivity index (χ3v) is 4.10. The largest absolute Gasteiger partial charge is 0.497 e. The summed E-state index contributed by atoms with van der Waals surface area (Å²) >= 11 is 2.20. The van der Waals surface area contributed by atoms with Gasteiger partial charge in [-0.25, -0.2) is 0 Å². The Labute approximate surface area is 141 Å². The highest BCUT2D eigenvalue weighted by atomic mass is 127. The van der Waals surface area contributed by atoms with E-state index in [2.05, 4.69) is 27.9 Å². The maximum Gasteiger partial charge on any atom is 0.291 e. The number of methoxy groups -OCH3 is 1. The van der Waals surface area contributed by atoms with Gasteiger partial charge in [0, 0.05) is 20.2 Å². The molecular weight excluding hydrogens is 393 g/mol. The van der Waals surface area contributed by atoms with E-state index in [1.807, 2.05) is 49.4 Å². The van der Waals surface area contributed by atoms with Crippen LogP contribution in [0.3, 0.4) is 0 Å². The second-order valence-electron chi connectivity index (χ2n) is 4.88. The van der Waals surface area contributed by atoms with Crippen LogP contribution in [-0.2, 0) is 0 Å². The van der Waals surface area contributed by atoms with Crippen LogP contribution in [0.15, 0.2) is 46.9 Å². The Kier molecular flexibility index (Phi) is 4.06. The molecule has 0 radical (unpaired) electrons. The number of amides is 1. The number of carbonyl (C=O) groups is 1. The van der Waals surface area contributed by atoms with Crippen molar-refractivity contribution in [1.29, 1.82) is 0 Å². The van der Waals surface area contributed by atoms with Gasteiger partial charge in [-0.15, -0.1) is 0 Å². The number of halogens is 1. The smallest absolute Gasteiger partial charge is 0.291 e. The highest BCUT2D eigenvalue weighted by molar-refractivity contribution is 14.1. The molecule has 3 aromatic rings. The van der Waals surface area contributed by atoms with Gasteiger partial charge in [0.2, 0.25) is 0 Å². The highest BCUT2D eigenvalue weighted by Gasteiger charge is 2.18. The molecule has 1 amide bonds. The maximum atomic E-state index is 12.4. The van der Waals surface area contributed by atoms with Gasteiger partial charge in [-0.2, -0.15) is 0 Å². The molecule has 1 N–H and O–H groups in total. The molecule has 4 nitrogen and oxygen atoms in total. The van der Waals surface area contributed by atoms with Crippen LogP contribution in [0.1, 0.15) is 16.1 Å². The Bertz CT molecular complexity index is 854. The quantitative estimate of drug-likeness (QED) is 0.646. The Morgan fingerprint density at radius 2 is 2.05 bits per heavy atom. The molecule has 0 aliphatic carbocycles. The number of hydrogen-bond donors (Lipinski definition) is 1. The number of hydrogen-bond acceptors (Lipinski definition) is 3. The standard InChI is InChI=1S/C17H14INO3/c1-10-14-9-13(21-2)6-7-15(14)22-16(10)17(20)19-12-5-3-4-11(18)8-12/h3-9H,1-2H3,(H,19,20). The highest BCUT2D eigenvalue weighted by Crippen LogP contribution is 2.29. The van der Waals surface area contributed by atoms with E-state index in [1.165, 1.54) is 0 Å². The minimum Gasteiger partial charge on any atom is -0.497 e. The Balaban J connectivity index is 1.95. The zero-order valence-electron chi connectivity index (χ0n) is 12.1. The summed E-state index contributed by atoms with van der Waals surface area (Å²) in [4.78, 5) is 12.4. The molecule has 0 saturated heterocycles. The van der Waals surface area contributed by atoms with Gasteiger partial charge in [-0.1, -0.05) is 6.07 Å². The second-order valence-corrected chi connectivity index (χ2v) is 6.13. The third kappa shape index (κ3) is 2.81. The van der Waals surface area contributed by atoms with Crippen molar-refractivity contribution in [1.82, 2.24) is 0 Å². The first-order valence-electron chi connectivity index (χ1n) is 6.72. The van der Waals surface area contributed by atoms with Gasteiger partial charge in [-0.3, -0.25) is 4.79 Å². The van der Waals surface area contributed by atoms with Gasteiger partial charge in [0.25, 0.3) is 5.91 Å². The summed E-state index contributed by atoms with van der Waals surface area (Å²) in [6.45, 7) is 1.87. The Hall–Kier alpha value is -2.02. The molecule has 22 heavy (non-hydrogen) atoms. The number of nitrogens with one attached hydrogen (secondary N) is 1. The van der Waals surface area contributed by atoms with Gasteiger partial charge < -0.3 is 14.5 Å². The number of benzene rings is 2. The molecule has 0 aliphatic heterocycles. The Morgan fingerprint density at radius 3 is 2.77 bits per heavy atom. The number of furan rings is 1. The summed E-state index contributed by atoms with van der Waals surface area (Å²) in [7, 11) is 1.61. The molecule has 0 aliphatic rings. The second kappa shape index (κ2) is 6.00. The van der Waals surface area contributed by atoms with E-state index < -0.39 is 0 Å². The van der Waals surface area contributed by atoms with Crippen LogP contribution >= 0.6 is 22.6 Å². The third-order valence-electron chi connectivity index (χ3n) is 3.43. The molecule has 1 heterocycles. The van der Waals surface area contributed by atoms with Gasteiger partial charge >= 0.3 is 0 Å². The van der Waals surface area contributed by atoms with E-state index in [-0.39, 0.29) is 5.91 Å². The van der Waals surface area contributed by atoms with Gasteiger partial charge in [0.05, 0.1) is 7.11 Å². The molecule has 0 spiro atoms. The molecule has 112 valence electrons. The fraction of sp³-hybridized carbons (Fsp3) is 0.118. The van der Waals surface area contributed by atoms with Crippen LogP contribution < -0.4 is 10.1 Å². The molecule has 0 bridgehead atoms. The van der Waals surface area contributed by atoms with Crippen LogP contribution in [0, 0.1) is 10.5 Å². The van der Waals surface area contributed by atoms with Crippen molar-refractivity contribution in [2.45, 2.75) is 6.92 Å². The van der Waals surface area contributed by atoms with E-state index in [0.29, 0.717) is 11.3 Å². The van der Waals surface area contributed by atoms with Crippen molar-refractivity contribution in [3.63, 3.8) is 0 Å². The van der Waals surface area contributed by atoms with E-state index in [1.54, 1.807) is 7.11 Å². The predicted octanol–water partition coefficient (Wildman–Crippen LogP) is 4.61. The average molecular weight is 407 g/mol. The van der Waals surface area contributed by atoms with E-state index in [4.69, 9.17) is 9.15 Å². The number of fused-ring (bicyclic) bond motifs is 1. The van der Waals surface area contributed by atoms with Crippen LogP contribution in [0.4, 0.5) is 5.69 Å². The molecule has 0 atom stereocenters. The summed E-state index contributed by atoms with van der Waals surface area (Å²) in [5.74, 6) is 0.803. The lowest BCUT2D eigenvalue weighted by atomic mass is 10.1. The predicted molar refractivity (Wildman–Crippen MR) is 94.6 cm³/mol. The van der Waals surface area contributed by atoms with Gasteiger partial charge in [-0.05, 0) is 65.9 Å². The molecule has 2 aromatic carbocycles. The number of carbonyl (C=O) groups excluding carboxylic acids is 1. The van der Waals surface area contributed by atoms with Crippen LogP contribution in [0.25, 0.3) is 11.0 Å². The lowest BCUT2D eigenvalue weighted by molar-refractivity contribution is 0.0998. The lowest BCUT2D eigenvalue weighted by Gasteiger charge is -2.04. The monoisotopic (exact) mass is 407 g/mol. The van der Waals surface area contributed by atoms with Crippen molar-refractivity contribution >= 4 is 45.2 Å². The van der Waals surface area contributed by atoms with Crippen molar-refractivity contribution in [3.8, 4) is 5.75 Å². The van der Waals surface area contributed by atoms with E-state index in [0.717, 1.165) is 26.0 Å². The normalized spacial score (nSPS) is 10.7. The van der Waals surface area contributed by atoms with E-state index >= 15 is 0 Å². The van der Waals surface area contributed by atoms with Crippen molar-refractivity contribution in [2.24, 2.45) is 0 Å². The number of aryl methyl sites for hydroxylation is 1.